The summed E-state index contributed by atoms with van der Waals surface area (Å²) in [4.78, 5) is 2.15. The summed E-state index contributed by atoms with van der Waals surface area (Å²) in [6.07, 6.45) is 1.55. The number of halogens is 1. The molecule has 2 N–H and O–H groups in total. The SMILES string of the molecule is NC(=NN=Cc1cc(F)ccc1N1CCOCC1)SCc1ccccc1. The molecule has 1 aliphatic rings. The Morgan fingerprint density at radius 3 is 2.73 bits per heavy atom. The average Bonchev–Trinajstić information content (AvgIpc) is 2.68. The summed E-state index contributed by atoms with van der Waals surface area (Å²) in [5, 5.41) is 8.42. The van der Waals surface area contributed by atoms with Crippen molar-refractivity contribution < 1.29 is 9.13 Å². The molecule has 2 aromatic rings. The molecule has 1 aliphatic heterocycles. The molecule has 2 aromatic carbocycles. The molecule has 5 nitrogen and oxygen atoms in total. The highest BCUT2D eigenvalue weighted by atomic mass is 32.2. The third kappa shape index (κ3) is 5.31. The number of nitrogens with two attached hydrogens (primary N) is 1. The Labute approximate surface area is 156 Å². The van der Waals surface area contributed by atoms with Crippen molar-refractivity contribution >= 4 is 28.8 Å². The molecular weight excluding hydrogens is 351 g/mol. The Morgan fingerprint density at radius 2 is 1.96 bits per heavy atom. The van der Waals surface area contributed by atoms with Gasteiger partial charge in [0.05, 0.1) is 19.4 Å². The minimum Gasteiger partial charge on any atom is -0.378 e. The van der Waals surface area contributed by atoms with E-state index in [1.807, 2.05) is 30.3 Å². The lowest BCUT2D eigenvalue weighted by Gasteiger charge is -2.30. The molecule has 1 fully saturated rings. The average molecular weight is 372 g/mol. The first-order chi connectivity index (χ1) is 12.7. The molecule has 0 bridgehead atoms. The van der Waals surface area contributed by atoms with Gasteiger partial charge in [-0.15, -0.1) is 5.10 Å². The maximum Gasteiger partial charge on any atom is 0.180 e. The lowest BCUT2D eigenvalue weighted by atomic mass is 10.1. The van der Waals surface area contributed by atoms with E-state index in [0.29, 0.717) is 23.9 Å². The van der Waals surface area contributed by atoms with E-state index in [0.717, 1.165) is 24.5 Å². The lowest BCUT2D eigenvalue weighted by Crippen LogP contribution is -2.36. The molecule has 0 amide bonds. The Hall–Kier alpha value is -2.38. The van der Waals surface area contributed by atoms with E-state index in [1.54, 1.807) is 12.3 Å². The summed E-state index contributed by atoms with van der Waals surface area (Å²) in [6, 6.07) is 14.7. The van der Waals surface area contributed by atoms with Gasteiger partial charge in [0, 0.05) is 30.1 Å². The highest BCUT2D eigenvalue weighted by molar-refractivity contribution is 8.13. The first-order valence-corrected chi connectivity index (χ1v) is 9.36. The van der Waals surface area contributed by atoms with Gasteiger partial charge >= 0.3 is 0 Å². The van der Waals surface area contributed by atoms with Gasteiger partial charge in [-0.1, -0.05) is 42.1 Å². The number of benzene rings is 2. The first-order valence-electron chi connectivity index (χ1n) is 8.38. The third-order valence-corrected chi connectivity index (χ3v) is 4.78. The van der Waals surface area contributed by atoms with E-state index < -0.39 is 0 Å². The van der Waals surface area contributed by atoms with E-state index in [2.05, 4.69) is 15.1 Å². The number of anilines is 1. The van der Waals surface area contributed by atoms with Crippen LogP contribution in [0.3, 0.4) is 0 Å². The van der Waals surface area contributed by atoms with Crippen LogP contribution in [0.5, 0.6) is 0 Å². The van der Waals surface area contributed by atoms with Crippen molar-refractivity contribution in [2.45, 2.75) is 5.75 Å². The number of thioether (sulfide) groups is 1. The van der Waals surface area contributed by atoms with Crippen LogP contribution in [0.15, 0.2) is 58.7 Å². The van der Waals surface area contributed by atoms with Gasteiger partial charge in [-0.25, -0.2) is 4.39 Å². The molecule has 0 aromatic heterocycles. The van der Waals surface area contributed by atoms with Crippen molar-refractivity contribution in [1.82, 2.24) is 0 Å². The van der Waals surface area contributed by atoms with Crippen LogP contribution < -0.4 is 10.6 Å². The van der Waals surface area contributed by atoms with Crippen LogP contribution in [0.4, 0.5) is 10.1 Å². The Kier molecular flexibility index (Phi) is 6.62. The number of rotatable bonds is 5. The van der Waals surface area contributed by atoms with E-state index in [4.69, 9.17) is 10.5 Å². The number of nitrogens with zero attached hydrogens (tertiary/aromatic N) is 3. The van der Waals surface area contributed by atoms with Crippen molar-refractivity contribution in [3.05, 3.63) is 65.5 Å². The van der Waals surface area contributed by atoms with Gasteiger partial charge in [0.25, 0.3) is 0 Å². The zero-order chi connectivity index (χ0) is 18.2. The number of hydrogen-bond donors (Lipinski definition) is 1. The fourth-order valence-electron chi connectivity index (χ4n) is 2.63. The van der Waals surface area contributed by atoms with E-state index in [1.165, 1.54) is 29.5 Å². The first kappa shape index (κ1) is 18.4. The van der Waals surface area contributed by atoms with Gasteiger partial charge in [-0.3, -0.25) is 0 Å². The van der Waals surface area contributed by atoms with Gasteiger partial charge < -0.3 is 15.4 Å². The molecule has 0 atom stereocenters. The Bertz CT molecular complexity index is 776. The summed E-state index contributed by atoms with van der Waals surface area (Å²) < 4.78 is 19.0. The maximum atomic E-state index is 13.6. The topological polar surface area (TPSA) is 63.2 Å². The Morgan fingerprint density at radius 1 is 1.19 bits per heavy atom. The minimum atomic E-state index is -0.307. The molecule has 1 saturated heterocycles. The highest BCUT2D eigenvalue weighted by Gasteiger charge is 2.14. The molecule has 0 saturated carbocycles. The van der Waals surface area contributed by atoms with Crippen molar-refractivity contribution in [2.75, 3.05) is 31.2 Å². The second kappa shape index (κ2) is 9.35. The number of hydrogen-bond acceptors (Lipinski definition) is 5. The molecular formula is C19H21FN4OS. The molecule has 7 heteroatoms. The van der Waals surface area contributed by atoms with Crippen LogP contribution in [0, 0.1) is 5.82 Å². The fraction of sp³-hybridized carbons (Fsp3) is 0.263. The number of ether oxygens (including phenoxy) is 1. The van der Waals surface area contributed by atoms with Gasteiger partial charge in [-0.2, -0.15) is 5.10 Å². The number of amidine groups is 1. The predicted molar refractivity (Wildman–Crippen MR) is 106 cm³/mol. The molecule has 0 unspecified atom stereocenters. The molecule has 1 heterocycles. The summed E-state index contributed by atoms with van der Waals surface area (Å²) in [6.45, 7) is 2.86. The van der Waals surface area contributed by atoms with Crippen LogP contribution >= 0.6 is 11.8 Å². The normalized spacial score (nSPS) is 15.6. The van der Waals surface area contributed by atoms with Crippen molar-refractivity contribution in [3.8, 4) is 0 Å². The van der Waals surface area contributed by atoms with Crippen LogP contribution in [0.1, 0.15) is 11.1 Å². The molecule has 0 spiro atoms. The summed E-state index contributed by atoms with van der Waals surface area (Å²) in [5.41, 5.74) is 8.66. The fourth-order valence-corrected chi connectivity index (χ4v) is 3.24. The molecule has 26 heavy (non-hydrogen) atoms. The quantitative estimate of drug-likeness (QED) is 0.497. The second-order valence-electron chi connectivity index (χ2n) is 5.76. The second-order valence-corrected chi connectivity index (χ2v) is 6.76. The van der Waals surface area contributed by atoms with Crippen molar-refractivity contribution in [1.29, 1.82) is 0 Å². The van der Waals surface area contributed by atoms with Crippen LogP contribution in [-0.4, -0.2) is 37.7 Å². The number of morpholine rings is 1. The van der Waals surface area contributed by atoms with E-state index in [-0.39, 0.29) is 5.82 Å². The predicted octanol–water partition coefficient (Wildman–Crippen LogP) is 3.24. The standard InChI is InChI=1S/C19H21FN4OS/c20-17-6-7-18(24-8-10-25-11-9-24)16(12-17)13-22-23-19(21)26-14-15-4-2-1-3-5-15/h1-7,12-13H,8-11,14H2,(H2,21,23). The highest BCUT2D eigenvalue weighted by Crippen LogP contribution is 2.21. The summed E-state index contributed by atoms with van der Waals surface area (Å²) >= 11 is 1.41. The lowest BCUT2D eigenvalue weighted by molar-refractivity contribution is 0.122. The summed E-state index contributed by atoms with van der Waals surface area (Å²) in [5.74, 6) is 0.420. The van der Waals surface area contributed by atoms with Crippen LogP contribution in [-0.2, 0) is 10.5 Å². The third-order valence-electron chi connectivity index (χ3n) is 3.92. The smallest absolute Gasteiger partial charge is 0.180 e. The zero-order valence-corrected chi connectivity index (χ0v) is 15.2. The maximum absolute atomic E-state index is 13.6. The molecule has 0 aliphatic carbocycles. The molecule has 3 rings (SSSR count). The minimum absolute atomic E-state index is 0.307. The zero-order valence-electron chi connectivity index (χ0n) is 14.3. The van der Waals surface area contributed by atoms with E-state index in [9.17, 15) is 4.39 Å². The molecule has 0 radical (unpaired) electrons. The van der Waals surface area contributed by atoms with Crippen molar-refractivity contribution in [3.63, 3.8) is 0 Å². The molecule has 136 valence electrons. The Balaban J connectivity index is 1.66. The summed E-state index contributed by atoms with van der Waals surface area (Å²) in [7, 11) is 0. The van der Waals surface area contributed by atoms with Gasteiger partial charge in [0.2, 0.25) is 0 Å². The van der Waals surface area contributed by atoms with Crippen LogP contribution in [0.25, 0.3) is 0 Å². The van der Waals surface area contributed by atoms with Crippen molar-refractivity contribution in [2.24, 2.45) is 15.9 Å². The van der Waals surface area contributed by atoms with Gasteiger partial charge in [0.1, 0.15) is 5.82 Å². The van der Waals surface area contributed by atoms with E-state index >= 15 is 0 Å². The van der Waals surface area contributed by atoms with Crippen LogP contribution in [0.2, 0.25) is 0 Å². The van der Waals surface area contributed by atoms with Gasteiger partial charge in [-0.05, 0) is 23.8 Å². The van der Waals surface area contributed by atoms with Gasteiger partial charge in [0.15, 0.2) is 5.17 Å². The monoisotopic (exact) mass is 372 g/mol. The largest absolute Gasteiger partial charge is 0.378 e.